The van der Waals surface area contributed by atoms with Gasteiger partial charge in [-0.1, -0.05) is 32.0 Å². The summed E-state index contributed by atoms with van der Waals surface area (Å²) < 4.78 is 11.8. The van der Waals surface area contributed by atoms with Gasteiger partial charge in [-0.25, -0.2) is 4.98 Å². The van der Waals surface area contributed by atoms with E-state index in [0.717, 1.165) is 22.2 Å². The number of pyridine rings is 1. The van der Waals surface area contributed by atoms with Gasteiger partial charge in [0.15, 0.2) is 23.1 Å². The van der Waals surface area contributed by atoms with E-state index in [1.807, 2.05) is 12.1 Å². The lowest BCUT2D eigenvalue weighted by Gasteiger charge is -2.11. The van der Waals surface area contributed by atoms with Crippen LogP contribution in [0.2, 0.25) is 0 Å². The van der Waals surface area contributed by atoms with Gasteiger partial charge in [0.2, 0.25) is 0 Å². The van der Waals surface area contributed by atoms with Gasteiger partial charge in [0.25, 0.3) is 0 Å². The average Bonchev–Trinajstić information content (AvgIpc) is 3.31. The molecule has 0 aliphatic rings. The maximum absolute atomic E-state index is 13.2. The van der Waals surface area contributed by atoms with Crippen molar-refractivity contribution in [3.05, 3.63) is 76.3 Å². The zero-order valence-electron chi connectivity index (χ0n) is 20.7. The van der Waals surface area contributed by atoms with Crippen LogP contribution in [0, 0.1) is 6.92 Å². The van der Waals surface area contributed by atoms with Gasteiger partial charge in [-0.2, -0.15) is 0 Å². The lowest BCUT2D eigenvalue weighted by atomic mass is 9.97. The number of ketones is 2. The Balaban J connectivity index is 1.59. The minimum absolute atomic E-state index is 0.0880. The first-order valence-electron chi connectivity index (χ1n) is 11.6. The van der Waals surface area contributed by atoms with E-state index >= 15 is 0 Å². The van der Waals surface area contributed by atoms with Crippen molar-refractivity contribution in [2.75, 3.05) is 14.2 Å². The highest BCUT2D eigenvalue weighted by Gasteiger charge is 2.18. The second-order valence-corrected chi connectivity index (χ2v) is 9.72. The number of hydrogen-bond acceptors (Lipinski definition) is 6. The van der Waals surface area contributed by atoms with Crippen molar-refractivity contribution in [2.45, 2.75) is 39.5 Å². The molecule has 0 unspecified atom stereocenters. The third-order valence-corrected chi connectivity index (χ3v) is 7.29. The Bertz CT molecular complexity index is 1400. The summed E-state index contributed by atoms with van der Waals surface area (Å²) in [5, 5.41) is 3.25. The fraction of sp³-hybridized carbons (Fsp3) is 0.276. The van der Waals surface area contributed by atoms with Crippen molar-refractivity contribution in [3.8, 4) is 22.8 Å². The number of thiophene rings is 1. The van der Waals surface area contributed by atoms with Crippen LogP contribution in [0.25, 0.3) is 21.3 Å². The molecule has 6 heteroatoms. The van der Waals surface area contributed by atoms with Gasteiger partial charge in [0.1, 0.15) is 5.69 Å². The van der Waals surface area contributed by atoms with E-state index in [4.69, 9.17) is 14.5 Å². The number of rotatable bonds is 9. The van der Waals surface area contributed by atoms with Gasteiger partial charge in [0, 0.05) is 39.4 Å². The molecule has 0 amide bonds. The van der Waals surface area contributed by atoms with Crippen molar-refractivity contribution >= 4 is 33.0 Å². The number of nitrogens with zero attached hydrogens (tertiary/aromatic N) is 1. The molecule has 0 aliphatic heterocycles. The molecule has 0 N–H and O–H groups in total. The van der Waals surface area contributed by atoms with Gasteiger partial charge < -0.3 is 9.47 Å². The number of carbonyl (C=O) groups excluding carboxylic acids is 2. The molecule has 2 heterocycles. The normalized spacial score (nSPS) is 11.1. The van der Waals surface area contributed by atoms with E-state index < -0.39 is 0 Å². The third-order valence-electron chi connectivity index (χ3n) is 6.16. The molecule has 0 bridgehead atoms. The predicted molar refractivity (Wildman–Crippen MR) is 141 cm³/mol. The molecule has 4 aromatic rings. The monoisotopic (exact) mass is 487 g/mol. The highest BCUT2D eigenvalue weighted by atomic mass is 32.1. The molecule has 0 saturated carbocycles. The van der Waals surface area contributed by atoms with Crippen LogP contribution >= 0.6 is 11.3 Å². The Morgan fingerprint density at radius 1 is 0.943 bits per heavy atom. The minimum atomic E-state index is -0.140. The molecule has 0 fully saturated rings. The van der Waals surface area contributed by atoms with Gasteiger partial charge in [-0.15, -0.1) is 11.3 Å². The second-order valence-electron chi connectivity index (χ2n) is 8.84. The van der Waals surface area contributed by atoms with E-state index in [2.05, 4.69) is 44.4 Å². The standard InChI is InChI=1S/C29H29NO4S/c1-17(2)20-13-23(22-16-35-29-18(3)7-6-8-21(22)29)30-24(14-20)26(32)11-10-25(31)19-9-12-27(33-4)28(15-19)34-5/h6-9,12-17H,10-11H2,1-5H3. The van der Waals surface area contributed by atoms with Crippen molar-refractivity contribution in [1.29, 1.82) is 0 Å². The van der Waals surface area contributed by atoms with Crippen molar-refractivity contribution in [3.63, 3.8) is 0 Å². The van der Waals surface area contributed by atoms with E-state index in [1.165, 1.54) is 17.4 Å². The molecule has 0 saturated heterocycles. The summed E-state index contributed by atoms with van der Waals surface area (Å²) in [6.07, 6.45) is 0.183. The summed E-state index contributed by atoms with van der Waals surface area (Å²) in [4.78, 5) is 30.7. The smallest absolute Gasteiger partial charge is 0.181 e. The highest BCUT2D eigenvalue weighted by Crippen LogP contribution is 2.36. The number of ether oxygens (including phenoxy) is 2. The first-order valence-corrected chi connectivity index (χ1v) is 12.5. The summed E-state index contributed by atoms with van der Waals surface area (Å²) in [5.74, 6) is 1.01. The maximum atomic E-state index is 13.2. The predicted octanol–water partition coefficient (Wildman–Crippen LogP) is 7.26. The fourth-order valence-electron chi connectivity index (χ4n) is 4.08. The molecule has 0 radical (unpaired) electrons. The molecular weight excluding hydrogens is 458 g/mol. The highest BCUT2D eigenvalue weighted by molar-refractivity contribution is 7.18. The van der Waals surface area contributed by atoms with Gasteiger partial charge in [0.05, 0.1) is 19.9 Å². The lowest BCUT2D eigenvalue weighted by Crippen LogP contribution is -2.09. The van der Waals surface area contributed by atoms with Crippen LogP contribution in [-0.2, 0) is 0 Å². The largest absolute Gasteiger partial charge is 0.493 e. The van der Waals surface area contributed by atoms with Crippen LogP contribution in [0.4, 0.5) is 0 Å². The zero-order chi connectivity index (χ0) is 25.1. The topological polar surface area (TPSA) is 65.5 Å². The quantitative estimate of drug-likeness (QED) is 0.233. The molecule has 0 aliphatic carbocycles. The molecular formula is C29H29NO4S. The number of carbonyl (C=O) groups is 2. The van der Waals surface area contributed by atoms with Crippen LogP contribution in [-0.4, -0.2) is 30.8 Å². The Labute approximate surface area is 209 Å². The number of fused-ring (bicyclic) bond motifs is 1. The summed E-state index contributed by atoms with van der Waals surface area (Å²) in [5.41, 5.74) is 4.99. The molecule has 180 valence electrons. The fourth-order valence-corrected chi connectivity index (χ4v) is 5.12. The molecule has 2 aromatic heterocycles. The Morgan fingerprint density at radius 3 is 2.40 bits per heavy atom. The van der Waals surface area contributed by atoms with Crippen molar-refractivity contribution < 1.29 is 19.1 Å². The summed E-state index contributed by atoms with van der Waals surface area (Å²) in [6, 6.07) is 15.2. The Morgan fingerprint density at radius 2 is 1.69 bits per heavy atom. The SMILES string of the molecule is COc1ccc(C(=O)CCC(=O)c2cc(C(C)C)cc(-c3csc4c(C)cccc34)n2)cc1OC. The van der Waals surface area contributed by atoms with E-state index in [1.54, 1.807) is 36.6 Å². The zero-order valence-corrected chi connectivity index (χ0v) is 21.5. The van der Waals surface area contributed by atoms with E-state index in [9.17, 15) is 9.59 Å². The first kappa shape index (κ1) is 24.6. The van der Waals surface area contributed by atoms with Crippen LogP contribution < -0.4 is 9.47 Å². The van der Waals surface area contributed by atoms with Crippen LogP contribution in [0.15, 0.2) is 53.9 Å². The molecule has 5 nitrogen and oxygen atoms in total. The summed E-state index contributed by atoms with van der Waals surface area (Å²) in [7, 11) is 3.07. The number of methoxy groups -OCH3 is 2. The first-order chi connectivity index (χ1) is 16.8. The lowest BCUT2D eigenvalue weighted by molar-refractivity contribution is 0.0915. The Hall–Kier alpha value is -3.51. The van der Waals surface area contributed by atoms with Gasteiger partial charge >= 0.3 is 0 Å². The van der Waals surface area contributed by atoms with Gasteiger partial charge in [-0.05, 0) is 54.3 Å². The number of aryl methyl sites for hydroxylation is 1. The third kappa shape index (κ3) is 5.13. The summed E-state index contributed by atoms with van der Waals surface area (Å²) >= 11 is 1.69. The van der Waals surface area contributed by atoms with E-state index in [0.29, 0.717) is 22.8 Å². The number of Topliss-reactive ketones (excluding diaryl/α,β-unsaturated/α-hetero) is 2. The van der Waals surface area contributed by atoms with Crippen molar-refractivity contribution in [1.82, 2.24) is 4.98 Å². The van der Waals surface area contributed by atoms with Crippen LogP contribution in [0.3, 0.4) is 0 Å². The Kier molecular flexibility index (Phi) is 7.31. The second kappa shape index (κ2) is 10.4. The maximum Gasteiger partial charge on any atom is 0.181 e. The molecule has 0 spiro atoms. The molecule has 0 atom stereocenters. The number of hydrogen-bond donors (Lipinski definition) is 0. The molecule has 35 heavy (non-hydrogen) atoms. The van der Waals surface area contributed by atoms with Crippen LogP contribution in [0.5, 0.6) is 11.5 Å². The molecule has 4 rings (SSSR count). The number of aromatic nitrogens is 1. The summed E-state index contributed by atoms with van der Waals surface area (Å²) in [6.45, 7) is 6.30. The van der Waals surface area contributed by atoms with Gasteiger partial charge in [-0.3, -0.25) is 9.59 Å². The minimum Gasteiger partial charge on any atom is -0.493 e. The number of benzene rings is 2. The van der Waals surface area contributed by atoms with E-state index in [-0.39, 0.29) is 30.3 Å². The van der Waals surface area contributed by atoms with Crippen molar-refractivity contribution in [2.24, 2.45) is 0 Å². The van der Waals surface area contributed by atoms with Crippen LogP contribution in [0.1, 0.15) is 64.6 Å². The molecule has 2 aromatic carbocycles. The average molecular weight is 488 g/mol.